The normalized spacial score (nSPS) is 23.0. The van der Waals surface area contributed by atoms with Gasteiger partial charge in [0.05, 0.1) is 12.8 Å². The van der Waals surface area contributed by atoms with E-state index >= 15 is 0 Å². The number of pyridine rings is 1. The van der Waals surface area contributed by atoms with Gasteiger partial charge in [0.1, 0.15) is 11.3 Å². The molecule has 2 heterocycles. The molecule has 1 saturated heterocycles. The van der Waals surface area contributed by atoms with Crippen molar-refractivity contribution in [3.05, 3.63) is 23.0 Å². The first-order valence-corrected chi connectivity index (χ1v) is 7.37. The summed E-state index contributed by atoms with van der Waals surface area (Å²) < 4.78 is 5.43. The molecule has 5 heteroatoms. The van der Waals surface area contributed by atoms with Crippen LogP contribution in [0.1, 0.15) is 43.0 Å². The number of aliphatic carboxylic acids is 1. The van der Waals surface area contributed by atoms with Crippen LogP contribution in [-0.4, -0.2) is 40.2 Å². The van der Waals surface area contributed by atoms with E-state index in [9.17, 15) is 9.90 Å². The number of nitrogens with zero attached hydrogens (tertiary/aromatic N) is 2. The van der Waals surface area contributed by atoms with Crippen molar-refractivity contribution in [3.8, 4) is 5.75 Å². The van der Waals surface area contributed by atoms with Crippen molar-refractivity contribution in [2.75, 3.05) is 13.7 Å². The Hall–Kier alpha value is -1.62. The number of hydrogen-bond donors (Lipinski definition) is 1. The van der Waals surface area contributed by atoms with Crippen molar-refractivity contribution in [2.45, 2.75) is 52.1 Å². The Morgan fingerprint density at radius 2 is 2.19 bits per heavy atom. The van der Waals surface area contributed by atoms with E-state index in [2.05, 4.69) is 4.98 Å². The van der Waals surface area contributed by atoms with E-state index in [1.54, 1.807) is 13.3 Å². The number of methoxy groups -OCH3 is 1. The van der Waals surface area contributed by atoms with Gasteiger partial charge in [-0.3, -0.25) is 14.7 Å². The summed E-state index contributed by atoms with van der Waals surface area (Å²) in [7, 11) is 1.65. The number of carboxylic acids is 1. The molecule has 0 aliphatic carbocycles. The lowest BCUT2D eigenvalue weighted by molar-refractivity contribution is -0.153. The van der Waals surface area contributed by atoms with Crippen LogP contribution in [0.2, 0.25) is 0 Å². The fourth-order valence-electron chi connectivity index (χ4n) is 3.08. The highest BCUT2D eigenvalue weighted by molar-refractivity contribution is 5.78. The summed E-state index contributed by atoms with van der Waals surface area (Å²) >= 11 is 0. The predicted molar refractivity (Wildman–Crippen MR) is 80.6 cm³/mol. The van der Waals surface area contributed by atoms with Crippen LogP contribution in [0.15, 0.2) is 6.20 Å². The SMILES string of the molecule is COc1c(C)cnc(CN2CCCCC2(C)C(=O)O)c1C. The minimum atomic E-state index is -0.801. The van der Waals surface area contributed by atoms with Crippen LogP contribution < -0.4 is 4.74 Å². The second-order valence-corrected chi connectivity index (χ2v) is 6.00. The Morgan fingerprint density at radius 1 is 1.48 bits per heavy atom. The topological polar surface area (TPSA) is 62.7 Å². The highest BCUT2D eigenvalue weighted by Gasteiger charge is 2.41. The smallest absolute Gasteiger partial charge is 0.323 e. The van der Waals surface area contributed by atoms with Gasteiger partial charge in [-0.2, -0.15) is 0 Å². The van der Waals surface area contributed by atoms with E-state index in [0.29, 0.717) is 13.0 Å². The van der Waals surface area contributed by atoms with Gasteiger partial charge in [-0.25, -0.2) is 0 Å². The van der Waals surface area contributed by atoms with Gasteiger partial charge in [0.15, 0.2) is 0 Å². The van der Waals surface area contributed by atoms with Gasteiger partial charge in [0.25, 0.3) is 0 Å². The van der Waals surface area contributed by atoms with Crippen LogP contribution in [-0.2, 0) is 11.3 Å². The fourth-order valence-corrected chi connectivity index (χ4v) is 3.08. The molecule has 1 atom stereocenters. The molecule has 1 aliphatic heterocycles. The number of carbonyl (C=O) groups is 1. The highest BCUT2D eigenvalue weighted by atomic mass is 16.5. The van der Waals surface area contributed by atoms with Crippen LogP contribution in [0.5, 0.6) is 5.75 Å². The molecule has 116 valence electrons. The summed E-state index contributed by atoms with van der Waals surface area (Å²) in [6, 6.07) is 0. The molecule has 5 nitrogen and oxygen atoms in total. The first-order chi connectivity index (χ1) is 9.90. The lowest BCUT2D eigenvalue weighted by Crippen LogP contribution is -2.54. The van der Waals surface area contributed by atoms with E-state index in [1.807, 2.05) is 25.7 Å². The molecular weight excluding hydrogens is 268 g/mol. The van der Waals surface area contributed by atoms with Crippen molar-refractivity contribution < 1.29 is 14.6 Å². The molecule has 1 fully saturated rings. The lowest BCUT2D eigenvalue weighted by atomic mass is 9.88. The molecular formula is C16H24N2O3. The minimum Gasteiger partial charge on any atom is -0.496 e. The number of likely N-dealkylation sites (tertiary alicyclic amines) is 1. The van der Waals surface area contributed by atoms with Crippen LogP contribution in [0.25, 0.3) is 0 Å². The maximum absolute atomic E-state index is 11.7. The van der Waals surface area contributed by atoms with Crippen molar-refractivity contribution in [3.63, 3.8) is 0 Å². The number of piperidine rings is 1. The van der Waals surface area contributed by atoms with E-state index < -0.39 is 11.5 Å². The molecule has 1 N–H and O–H groups in total. The van der Waals surface area contributed by atoms with Crippen molar-refractivity contribution in [2.24, 2.45) is 0 Å². The first-order valence-electron chi connectivity index (χ1n) is 7.37. The van der Waals surface area contributed by atoms with Crippen molar-refractivity contribution >= 4 is 5.97 Å². The maximum atomic E-state index is 11.7. The second kappa shape index (κ2) is 6.02. The van der Waals surface area contributed by atoms with E-state index in [-0.39, 0.29) is 0 Å². The quantitative estimate of drug-likeness (QED) is 0.924. The van der Waals surface area contributed by atoms with Crippen LogP contribution in [0, 0.1) is 13.8 Å². The molecule has 21 heavy (non-hydrogen) atoms. The number of carboxylic acid groups (broad SMARTS) is 1. The Labute approximate surface area is 125 Å². The third-order valence-electron chi connectivity index (χ3n) is 4.59. The van der Waals surface area contributed by atoms with Crippen molar-refractivity contribution in [1.82, 2.24) is 9.88 Å². The van der Waals surface area contributed by atoms with Gasteiger partial charge < -0.3 is 9.84 Å². The van der Waals surface area contributed by atoms with Crippen LogP contribution in [0.4, 0.5) is 0 Å². The Bertz CT molecular complexity index is 545. The summed E-state index contributed by atoms with van der Waals surface area (Å²) in [5.41, 5.74) is 2.09. The van der Waals surface area contributed by atoms with Crippen LogP contribution in [0.3, 0.4) is 0 Å². The van der Waals surface area contributed by atoms with Gasteiger partial charge in [-0.1, -0.05) is 0 Å². The monoisotopic (exact) mass is 292 g/mol. The van der Waals surface area contributed by atoms with Gasteiger partial charge in [0, 0.05) is 23.9 Å². The largest absolute Gasteiger partial charge is 0.496 e. The zero-order valence-corrected chi connectivity index (χ0v) is 13.3. The zero-order chi connectivity index (χ0) is 15.6. The van der Waals surface area contributed by atoms with Gasteiger partial charge in [-0.05, 0) is 46.6 Å². The molecule has 1 unspecified atom stereocenters. The average Bonchev–Trinajstić information content (AvgIpc) is 2.44. The Kier molecular flexibility index (Phi) is 4.52. The zero-order valence-electron chi connectivity index (χ0n) is 13.3. The van der Waals surface area contributed by atoms with Crippen LogP contribution >= 0.6 is 0 Å². The maximum Gasteiger partial charge on any atom is 0.323 e. The molecule has 1 aliphatic rings. The van der Waals surface area contributed by atoms with Gasteiger partial charge >= 0.3 is 5.97 Å². The molecule has 1 aromatic heterocycles. The number of aryl methyl sites for hydroxylation is 1. The number of rotatable bonds is 4. The molecule has 0 spiro atoms. The Balaban J connectivity index is 2.30. The second-order valence-electron chi connectivity index (χ2n) is 6.00. The molecule has 0 amide bonds. The Morgan fingerprint density at radius 3 is 2.81 bits per heavy atom. The predicted octanol–water partition coefficient (Wildman–Crippen LogP) is 2.54. The molecule has 0 saturated carbocycles. The van der Waals surface area contributed by atoms with Gasteiger partial charge in [0.2, 0.25) is 0 Å². The summed E-state index contributed by atoms with van der Waals surface area (Å²) in [5.74, 6) is 0.0907. The molecule has 0 aromatic carbocycles. The van der Waals surface area contributed by atoms with E-state index in [4.69, 9.17) is 4.74 Å². The fraction of sp³-hybridized carbons (Fsp3) is 0.625. The number of hydrogen-bond acceptors (Lipinski definition) is 4. The number of ether oxygens (including phenoxy) is 1. The van der Waals surface area contributed by atoms with E-state index in [1.165, 1.54) is 0 Å². The van der Waals surface area contributed by atoms with E-state index in [0.717, 1.165) is 42.0 Å². The summed E-state index contributed by atoms with van der Waals surface area (Å²) in [4.78, 5) is 18.2. The first kappa shape index (κ1) is 15.8. The minimum absolute atomic E-state index is 0.547. The molecule has 1 aromatic rings. The third kappa shape index (κ3) is 2.88. The molecule has 0 bridgehead atoms. The standard InChI is InChI=1S/C16H24N2O3/c1-11-9-17-13(12(2)14(11)21-4)10-18-8-6-5-7-16(18,3)15(19)20/h9H,5-8,10H2,1-4H3,(H,19,20). The molecule has 0 radical (unpaired) electrons. The highest BCUT2D eigenvalue weighted by Crippen LogP contribution is 2.31. The lowest BCUT2D eigenvalue weighted by Gasteiger charge is -2.41. The third-order valence-corrected chi connectivity index (χ3v) is 4.59. The number of aromatic nitrogens is 1. The molecule has 2 rings (SSSR count). The summed E-state index contributed by atoms with van der Waals surface area (Å²) in [6.45, 7) is 7.10. The van der Waals surface area contributed by atoms with Gasteiger partial charge in [-0.15, -0.1) is 0 Å². The average molecular weight is 292 g/mol. The summed E-state index contributed by atoms with van der Waals surface area (Å²) in [6.07, 6.45) is 4.47. The summed E-state index contributed by atoms with van der Waals surface area (Å²) in [5, 5.41) is 9.57. The van der Waals surface area contributed by atoms with Crippen molar-refractivity contribution in [1.29, 1.82) is 0 Å².